The summed E-state index contributed by atoms with van der Waals surface area (Å²) in [4.78, 5) is 13.4. The second-order valence-electron chi connectivity index (χ2n) is 5.69. The molecule has 2 fully saturated rings. The molecule has 3 atom stereocenters. The van der Waals surface area contributed by atoms with Gasteiger partial charge in [0.25, 0.3) is 0 Å². The van der Waals surface area contributed by atoms with Gasteiger partial charge in [0.2, 0.25) is 0 Å². The number of hydrogen-bond acceptors (Lipinski definition) is 3. The number of amides is 1. The van der Waals surface area contributed by atoms with E-state index in [0.29, 0.717) is 24.6 Å². The van der Waals surface area contributed by atoms with Crippen LogP contribution in [0.15, 0.2) is 30.3 Å². The Labute approximate surface area is 119 Å². The molecule has 1 amide bonds. The van der Waals surface area contributed by atoms with E-state index in [1.165, 1.54) is 12.7 Å². The van der Waals surface area contributed by atoms with Crippen molar-refractivity contribution in [3.05, 3.63) is 35.9 Å². The summed E-state index contributed by atoms with van der Waals surface area (Å²) < 4.78 is 10.6. The normalized spacial score (nSPS) is 27.9. The van der Waals surface area contributed by atoms with Crippen LogP contribution in [0, 0.1) is 5.92 Å². The number of fused-ring (bicyclic) bond motifs is 1. The van der Waals surface area contributed by atoms with Crippen LogP contribution in [0.2, 0.25) is 0 Å². The smallest absolute Gasteiger partial charge is 0.410 e. The van der Waals surface area contributed by atoms with Crippen LogP contribution < -0.4 is 0 Å². The summed E-state index contributed by atoms with van der Waals surface area (Å²) in [6.45, 7) is 1.46. The highest BCUT2D eigenvalue weighted by Crippen LogP contribution is 2.43. The van der Waals surface area contributed by atoms with Gasteiger partial charge >= 0.3 is 6.09 Å². The lowest BCUT2D eigenvalue weighted by molar-refractivity contribution is 0.0768. The summed E-state index contributed by atoms with van der Waals surface area (Å²) in [6, 6.07) is 11.0. The topological polar surface area (TPSA) is 38.5 Å². The van der Waals surface area contributed by atoms with Crippen molar-refractivity contribution < 1.29 is 14.3 Å². The number of carbonyl (C=O) groups is 1. The predicted molar refractivity (Wildman–Crippen MR) is 75.3 cm³/mol. The number of rotatable bonds is 4. The van der Waals surface area contributed by atoms with E-state index in [0.717, 1.165) is 25.9 Å². The molecule has 1 saturated carbocycles. The summed E-state index contributed by atoms with van der Waals surface area (Å²) in [5.41, 5.74) is 1.21. The van der Waals surface area contributed by atoms with Crippen molar-refractivity contribution in [2.24, 2.45) is 5.92 Å². The van der Waals surface area contributed by atoms with E-state index in [9.17, 15) is 4.79 Å². The molecule has 1 aliphatic heterocycles. The number of benzene rings is 1. The zero-order chi connectivity index (χ0) is 13.9. The molecule has 0 N–H and O–H groups in total. The molecule has 4 heteroatoms. The lowest BCUT2D eigenvalue weighted by Crippen LogP contribution is -2.18. The van der Waals surface area contributed by atoms with E-state index in [1.54, 1.807) is 0 Å². The van der Waals surface area contributed by atoms with Gasteiger partial charge < -0.3 is 9.47 Å². The fraction of sp³-hybridized carbons (Fsp3) is 0.562. The molecule has 0 bridgehead atoms. The molecule has 0 unspecified atom stereocenters. The van der Waals surface area contributed by atoms with Gasteiger partial charge in [0.15, 0.2) is 0 Å². The molecule has 1 aromatic rings. The molecule has 1 aliphatic carbocycles. The molecule has 4 nitrogen and oxygen atoms in total. The van der Waals surface area contributed by atoms with Crippen LogP contribution in [0.1, 0.15) is 24.8 Å². The fourth-order valence-corrected chi connectivity index (χ4v) is 3.25. The molecule has 1 aromatic carbocycles. The Hall–Kier alpha value is -1.55. The SMILES string of the molecule is COC(=O)N1[C@@H]2CC[C@H](COCc3ccccc3)C[C@@H]21. The largest absolute Gasteiger partial charge is 0.453 e. The fourth-order valence-electron chi connectivity index (χ4n) is 3.25. The van der Waals surface area contributed by atoms with E-state index in [2.05, 4.69) is 12.1 Å². The number of nitrogens with zero attached hydrogens (tertiary/aromatic N) is 1. The zero-order valence-corrected chi connectivity index (χ0v) is 11.8. The first kappa shape index (κ1) is 13.4. The second-order valence-corrected chi connectivity index (χ2v) is 5.69. The number of carbonyl (C=O) groups excluding carboxylic acids is 1. The number of ether oxygens (including phenoxy) is 2. The minimum atomic E-state index is -0.175. The number of likely N-dealkylation sites (tertiary alicyclic amines) is 1. The molecule has 1 saturated heterocycles. The maximum atomic E-state index is 11.5. The molecule has 0 spiro atoms. The Balaban J connectivity index is 1.41. The van der Waals surface area contributed by atoms with E-state index in [4.69, 9.17) is 9.47 Å². The molecule has 108 valence electrons. The Morgan fingerprint density at radius 2 is 2.05 bits per heavy atom. The highest BCUT2D eigenvalue weighted by molar-refractivity contribution is 5.72. The van der Waals surface area contributed by atoms with E-state index < -0.39 is 0 Å². The van der Waals surface area contributed by atoms with Crippen LogP contribution in [0.4, 0.5) is 4.79 Å². The molecule has 0 aromatic heterocycles. The maximum absolute atomic E-state index is 11.5. The van der Waals surface area contributed by atoms with Crippen LogP contribution in [0.25, 0.3) is 0 Å². The average Bonchev–Trinajstić information content (AvgIpc) is 3.21. The van der Waals surface area contributed by atoms with Gasteiger partial charge in [-0.05, 0) is 30.7 Å². The Bertz CT molecular complexity index is 462. The Morgan fingerprint density at radius 1 is 1.25 bits per heavy atom. The number of methoxy groups -OCH3 is 1. The van der Waals surface area contributed by atoms with Gasteiger partial charge in [-0.25, -0.2) is 4.79 Å². The van der Waals surface area contributed by atoms with E-state index in [-0.39, 0.29) is 6.09 Å². The zero-order valence-electron chi connectivity index (χ0n) is 11.8. The van der Waals surface area contributed by atoms with Crippen molar-refractivity contribution in [1.29, 1.82) is 0 Å². The second kappa shape index (κ2) is 5.83. The van der Waals surface area contributed by atoms with Crippen LogP contribution in [0.3, 0.4) is 0 Å². The lowest BCUT2D eigenvalue weighted by atomic mass is 9.90. The van der Waals surface area contributed by atoms with Gasteiger partial charge in [-0.1, -0.05) is 30.3 Å². The molecule has 1 heterocycles. The van der Waals surface area contributed by atoms with E-state index >= 15 is 0 Å². The van der Waals surface area contributed by atoms with Gasteiger partial charge in [-0.3, -0.25) is 4.90 Å². The third-order valence-electron chi connectivity index (χ3n) is 4.37. The van der Waals surface area contributed by atoms with Crippen molar-refractivity contribution in [3.8, 4) is 0 Å². The van der Waals surface area contributed by atoms with Crippen molar-refractivity contribution >= 4 is 6.09 Å². The standard InChI is InChI=1S/C16H21NO3/c1-19-16(18)17-14-8-7-13(9-15(14)17)11-20-10-12-5-3-2-4-6-12/h2-6,13-15H,7-11H2,1H3/t13-,14+,15-,17?/m0/s1. The maximum Gasteiger partial charge on any atom is 0.410 e. The quantitative estimate of drug-likeness (QED) is 0.793. The summed E-state index contributed by atoms with van der Waals surface area (Å²) in [7, 11) is 1.45. The first-order valence-corrected chi connectivity index (χ1v) is 7.27. The summed E-state index contributed by atoms with van der Waals surface area (Å²) in [5, 5.41) is 0. The van der Waals surface area contributed by atoms with Crippen LogP contribution >= 0.6 is 0 Å². The van der Waals surface area contributed by atoms with Gasteiger partial charge in [-0.15, -0.1) is 0 Å². The third kappa shape index (κ3) is 2.80. The Kier molecular flexibility index (Phi) is 3.92. The van der Waals surface area contributed by atoms with Crippen molar-refractivity contribution in [3.63, 3.8) is 0 Å². The highest BCUT2D eigenvalue weighted by atomic mass is 16.5. The van der Waals surface area contributed by atoms with Gasteiger partial charge in [0.1, 0.15) is 0 Å². The minimum absolute atomic E-state index is 0.175. The molecule has 0 radical (unpaired) electrons. The lowest BCUT2D eigenvalue weighted by Gasteiger charge is -2.19. The first-order chi connectivity index (χ1) is 9.79. The molecular weight excluding hydrogens is 254 g/mol. The minimum Gasteiger partial charge on any atom is -0.453 e. The summed E-state index contributed by atoms with van der Waals surface area (Å²) >= 11 is 0. The molecule has 3 rings (SSSR count). The van der Waals surface area contributed by atoms with Crippen LogP contribution in [0.5, 0.6) is 0 Å². The highest BCUT2D eigenvalue weighted by Gasteiger charge is 2.54. The predicted octanol–water partition coefficient (Wildman–Crippen LogP) is 2.82. The van der Waals surface area contributed by atoms with Gasteiger partial charge in [0, 0.05) is 6.61 Å². The average molecular weight is 275 g/mol. The van der Waals surface area contributed by atoms with Crippen molar-refractivity contribution in [1.82, 2.24) is 4.90 Å². The van der Waals surface area contributed by atoms with E-state index in [1.807, 2.05) is 23.1 Å². The van der Waals surface area contributed by atoms with Crippen molar-refractivity contribution in [2.75, 3.05) is 13.7 Å². The molecule has 2 aliphatic rings. The number of hydrogen-bond donors (Lipinski definition) is 0. The third-order valence-corrected chi connectivity index (χ3v) is 4.37. The molecule has 20 heavy (non-hydrogen) atoms. The molecular formula is C16H21NO3. The summed E-state index contributed by atoms with van der Waals surface area (Å²) in [5.74, 6) is 0.564. The van der Waals surface area contributed by atoms with Crippen molar-refractivity contribution in [2.45, 2.75) is 38.0 Å². The Morgan fingerprint density at radius 3 is 2.80 bits per heavy atom. The first-order valence-electron chi connectivity index (χ1n) is 7.27. The summed E-state index contributed by atoms with van der Waals surface area (Å²) in [6.07, 6.45) is 3.10. The van der Waals surface area contributed by atoms with Crippen LogP contribution in [-0.2, 0) is 16.1 Å². The van der Waals surface area contributed by atoms with Gasteiger partial charge in [-0.2, -0.15) is 0 Å². The van der Waals surface area contributed by atoms with Gasteiger partial charge in [0.05, 0.1) is 25.8 Å². The monoisotopic (exact) mass is 275 g/mol. The van der Waals surface area contributed by atoms with Crippen LogP contribution in [-0.4, -0.2) is 36.8 Å².